The Hall–Kier alpha value is -1.91. The molecule has 0 aliphatic carbocycles. The van der Waals surface area contributed by atoms with Gasteiger partial charge in [-0.2, -0.15) is 5.26 Å². The lowest BCUT2D eigenvalue weighted by Gasteiger charge is -2.44. The Balaban J connectivity index is 1.92. The van der Waals surface area contributed by atoms with E-state index in [4.69, 9.17) is 0 Å². The predicted molar refractivity (Wildman–Crippen MR) is 90.3 cm³/mol. The van der Waals surface area contributed by atoms with Crippen molar-refractivity contribution in [3.8, 4) is 6.07 Å². The number of nitrogens with zero attached hydrogens (tertiary/aromatic N) is 3. The Morgan fingerprint density at radius 3 is 2.67 bits per heavy atom. The number of hydrogen-bond donors (Lipinski definition) is 0. The molecule has 24 heavy (non-hydrogen) atoms. The zero-order chi connectivity index (χ0) is 17.3. The van der Waals surface area contributed by atoms with Crippen molar-refractivity contribution in [1.82, 2.24) is 9.80 Å². The lowest BCUT2D eigenvalue weighted by Crippen LogP contribution is -2.60. The van der Waals surface area contributed by atoms with E-state index in [0.717, 1.165) is 13.0 Å². The number of sulfone groups is 1. The summed E-state index contributed by atoms with van der Waals surface area (Å²) in [5.74, 6) is -0.116. The van der Waals surface area contributed by atoms with Gasteiger partial charge in [0.2, 0.25) is 0 Å². The molecule has 6 nitrogen and oxygen atoms in total. The van der Waals surface area contributed by atoms with Crippen LogP contribution >= 0.6 is 0 Å². The maximum Gasteiger partial charge on any atom is 0.255 e. The zero-order valence-electron chi connectivity index (χ0n) is 13.7. The first-order chi connectivity index (χ1) is 11.5. The second-order valence-electron chi connectivity index (χ2n) is 6.40. The number of amides is 1. The van der Waals surface area contributed by atoms with E-state index < -0.39 is 9.84 Å². The number of benzene rings is 1. The molecule has 2 fully saturated rings. The molecule has 2 aliphatic rings. The van der Waals surface area contributed by atoms with E-state index in [1.54, 1.807) is 29.2 Å². The van der Waals surface area contributed by atoms with Crippen molar-refractivity contribution < 1.29 is 13.2 Å². The van der Waals surface area contributed by atoms with Gasteiger partial charge in [-0.1, -0.05) is 19.1 Å². The van der Waals surface area contributed by atoms with E-state index in [9.17, 15) is 18.5 Å². The molecule has 2 aliphatic heterocycles. The average molecular weight is 347 g/mol. The molecule has 2 saturated heterocycles. The van der Waals surface area contributed by atoms with Crippen LogP contribution in [0.2, 0.25) is 0 Å². The summed E-state index contributed by atoms with van der Waals surface area (Å²) in [7, 11) is -3.14. The number of hydrogen-bond acceptors (Lipinski definition) is 5. The Labute approximate surface area is 142 Å². The molecule has 0 aromatic heterocycles. The molecule has 0 bridgehead atoms. The summed E-state index contributed by atoms with van der Waals surface area (Å²) in [4.78, 5) is 16.8. The molecule has 3 rings (SSSR count). The van der Waals surface area contributed by atoms with Crippen LogP contribution in [0.25, 0.3) is 0 Å². The maximum atomic E-state index is 13.0. The summed E-state index contributed by atoms with van der Waals surface area (Å²) >= 11 is 0. The van der Waals surface area contributed by atoms with Gasteiger partial charge < -0.3 is 4.90 Å². The topological polar surface area (TPSA) is 81.5 Å². The predicted octanol–water partition coefficient (Wildman–Crippen LogP) is 0.892. The van der Waals surface area contributed by atoms with Crippen molar-refractivity contribution in [1.29, 1.82) is 5.26 Å². The van der Waals surface area contributed by atoms with Gasteiger partial charge >= 0.3 is 0 Å². The minimum absolute atomic E-state index is 0.0122. The third kappa shape index (κ3) is 3.04. The molecule has 7 heteroatoms. The van der Waals surface area contributed by atoms with E-state index in [2.05, 4.69) is 11.8 Å². The van der Waals surface area contributed by atoms with Gasteiger partial charge in [0.05, 0.1) is 34.7 Å². The quantitative estimate of drug-likeness (QED) is 0.811. The summed E-state index contributed by atoms with van der Waals surface area (Å²) in [6.07, 6.45) is 0.953. The molecule has 1 aromatic rings. The van der Waals surface area contributed by atoms with Gasteiger partial charge in [-0.15, -0.1) is 0 Å². The molecule has 1 aromatic carbocycles. The third-order valence-electron chi connectivity index (χ3n) is 4.84. The van der Waals surface area contributed by atoms with Gasteiger partial charge in [0, 0.05) is 19.1 Å². The largest absolute Gasteiger partial charge is 0.332 e. The van der Waals surface area contributed by atoms with Crippen LogP contribution in [-0.2, 0) is 9.84 Å². The summed E-state index contributed by atoms with van der Waals surface area (Å²) in [5.41, 5.74) is 0.683. The van der Waals surface area contributed by atoms with Crippen LogP contribution in [0.15, 0.2) is 24.3 Å². The van der Waals surface area contributed by atoms with Crippen LogP contribution in [0.1, 0.15) is 29.3 Å². The molecule has 0 unspecified atom stereocenters. The molecular formula is C17H21N3O3S. The first kappa shape index (κ1) is 16.9. The van der Waals surface area contributed by atoms with Crippen LogP contribution in [0.5, 0.6) is 0 Å². The molecule has 0 spiro atoms. The van der Waals surface area contributed by atoms with Crippen molar-refractivity contribution in [2.45, 2.75) is 25.4 Å². The second kappa shape index (κ2) is 6.54. The molecule has 128 valence electrons. The fraction of sp³-hybridized carbons (Fsp3) is 0.529. The van der Waals surface area contributed by atoms with Crippen molar-refractivity contribution in [3.05, 3.63) is 35.4 Å². The molecule has 0 radical (unpaired) electrons. The fourth-order valence-corrected chi connectivity index (χ4v) is 5.78. The summed E-state index contributed by atoms with van der Waals surface area (Å²) in [6, 6.07) is 8.28. The van der Waals surface area contributed by atoms with Crippen LogP contribution < -0.4 is 0 Å². The second-order valence-corrected chi connectivity index (χ2v) is 8.56. The van der Waals surface area contributed by atoms with Crippen molar-refractivity contribution in [2.75, 3.05) is 31.1 Å². The van der Waals surface area contributed by atoms with Gasteiger partial charge in [0.1, 0.15) is 0 Å². The highest BCUT2D eigenvalue weighted by Crippen LogP contribution is 2.28. The lowest BCUT2D eigenvalue weighted by atomic mass is 10.0. The SMILES string of the molecule is CCCN1CCN(C(=O)c2ccccc2C#N)[C@H]2CS(=O)(=O)C[C@H]21. The Morgan fingerprint density at radius 1 is 1.25 bits per heavy atom. The van der Waals surface area contributed by atoms with Crippen LogP contribution in [0, 0.1) is 11.3 Å². The minimum atomic E-state index is -3.14. The van der Waals surface area contributed by atoms with Crippen molar-refractivity contribution >= 4 is 15.7 Å². The molecule has 0 saturated carbocycles. The first-order valence-electron chi connectivity index (χ1n) is 8.21. The minimum Gasteiger partial charge on any atom is -0.332 e. The number of carbonyl (C=O) groups is 1. The standard InChI is InChI=1S/C17H21N3O3S/c1-2-7-19-8-9-20(16-12-24(22,23)11-15(16)19)17(21)14-6-4-3-5-13(14)10-18/h3-6,15-16H,2,7-9,11-12H2,1H3/t15-,16+/m1/s1. The number of nitriles is 1. The van der Waals surface area contributed by atoms with E-state index in [1.165, 1.54) is 0 Å². The van der Waals surface area contributed by atoms with Gasteiger partial charge in [-0.25, -0.2) is 8.42 Å². The van der Waals surface area contributed by atoms with Crippen LogP contribution in [0.3, 0.4) is 0 Å². The number of piperazine rings is 1. The highest BCUT2D eigenvalue weighted by molar-refractivity contribution is 7.91. The van der Waals surface area contributed by atoms with Gasteiger partial charge in [0.15, 0.2) is 9.84 Å². The van der Waals surface area contributed by atoms with Crippen molar-refractivity contribution in [3.63, 3.8) is 0 Å². The third-order valence-corrected chi connectivity index (χ3v) is 6.54. The van der Waals surface area contributed by atoms with Gasteiger partial charge in [-0.3, -0.25) is 9.69 Å². The summed E-state index contributed by atoms with van der Waals surface area (Å²) in [5, 5.41) is 9.22. The zero-order valence-corrected chi connectivity index (χ0v) is 14.5. The smallest absolute Gasteiger partial charge is 0.255 e. The monoisotopic (exact) mass is 347 g/mol. The van der Waals surface area contributed by atoms with Gasteiger partial charge in [-0.05, 0) is 25.1 Å². The van der Waals surface area contributed by atoms with E-state index in [1.807, 2.05) is 6.07 Å². The summed E-state index contributed by atoms with van der Waals surface area (Å²) in [6.45, 7) is 4.08. The number of rotatable bonds is 3. The van der Waals surface area contributed by atoms with E-state index in [0.29, 0.717) is 24.2 Å². The fourth-order valence-electron chi connectivity index (χ4n) is 3.76. The highest BCUT2D eigenvalue weighted by Gasteiger charge is 2.47. The Bertz CT molecular complexity index is 785. The molecule has 1 amide bonds. The summed E-state index contributed by atoms with van der Waals surface area (Å²) < 4.78 is 24.3. The van der Waals surface area contributed by atoms with E-state index >= 15 is 0 Å². The molecule has 0 N–H and O–H groups in total. The number of carbonyl (C=O) groups excluding carboxylic acids is 1. The molecule has 2 heterocycles. The van der Waals surface area contributed by atoms with Crippen LogP contribution in [0.4, 0.5) is 0 Å². The molecule has 2 atom stereocenters. The number of fused-ring (bicyclic) bond motifs is 1. The Morgan fingerprint density at radius 2 is 1.96 bits per heavy atom. The lowest BCUT2D eigenvalue weighted by molar-refractivity contribution is 0.0333. The van der Waals surface area contributed by atoms with Gasteiger partial charge in [0.25, 0.3) is 5.91 Å². The highest BCUT2D eigenvalue weighted by atomic mass is 32.2. The maximum absolute atomic E-state index is 13.0. The van der Waals surface area contributed by atoms with Crippen molar-refractivity contribution in [2.24, 2.45) is 0 Å². The molecular weight excluding hydrogens is 326 g/mol. The Kier molecular flexibility index (Phi) is 4.61. The van der Waals surface area contributed by atoms with Crippen LogP contribution in [-0.4, -0.2) is 67.3 Å². The average Bonchev–Trinajstić information content (AvgIpc) is 2.90. The first-order valence-corrected chi connectivity index (χ1v) is 10.0. The normalized spacial score (nSPS) is 25.9. The van der Waals surface area contributed by atoms with E-state index in [-0.39, 0.29) is 29.5 Å².